The van der Waals surface area contributed by atoms with Gasteiger partial charge in [0.05, 0.1) is 19.9 Å². The molecular weight excluding hydrogens is 376 g/mol. The molecule has 29 heavy (non-hydrogen) atoms. The van der Waals surface area contributed by atoms with Gasteiger partial charge in [-0.15, -0.1) is 0 Å². The molecule has 0 saturated carbocycles. The maximum Gasteiger partial charge on any atom is 0.332 e. The standard InChI is InChI=1S/C19H16N6O4/c1-28-12-7-3-6-11(15(12)29-2)25-18-14(23-19(25)27)13(16(20)26)22-17(24-18)10-5-4-8-21-9-10/h3-9H,1-2H3,(H2,20,26)(H,23,27). The molecular formula is C19H16N6O4. The molecule has 0 aliphatic rings. The number of pyridine rings is 1. The van der Waals surface area contributed by atoms with Gasteiger partial charge in [0.1, 0.15) is 5.52 Å². The number of para-hydroxylation sites is 1. The van der Waals surface area contributed by atoms with Crippen molar-refractivity contribution >= 4 is 17.1 Å². The van der Waals surface area contributed by atoms with Crippen LogP contribution in [0.2, 0.25) is 0 Å². The lowest BCUT2D eigenvalue weighted by atomic mass is 10.2. The summed E-state index contributed by atoms with van der Waals surface area (Å²) in [6, 6.07) is 8.53. The number of aromatic nitrogens is 5. The van der Waals surface area contributed by atoms with Crippen molar-refractivity contribution < 1.29 is 14.3 Å². The molecule has 0 aliphatic heterocycles. The summed E-state index contributed by atoms with van der Waals surface area (Å²) in [6.07, 6.45) is 3.15. The van der Waals surface area contributed by atoms with E-state index in [1.807, 2.05) is 0 Å². The Labute approximate surface area is 164 Å². The molecule has 0 spiro atoms. The fraction of sp³-hybridized carbons (Fsp3) is 0.105. The maximum absolute atomic E-state index is 12.8. The fourth-order valence-corrected chi connectivity index (χ4v) is 3.06. The van der Waals surface area contributed by atoms with Crippen LogP contribution in [0.1, 0.15) is 10.5 Å². The Kier molecular flexibility index (Phi) is 4.43. The van der Waals surface area contributed by atoms with E-state index in [2.05, 4.69) is 19.9 Å². The van der Waals surface area contributed by atoms with Crippen molar-refractivity contribution in [1.82, 2.24) is 24.5 Å². The van der Waals surface area contributed by atoms with Crippen molar-refractivity contribution in [3.8, 4) is 28.6 Å². The number of rotatable bonds is 5. The van der Waals surface area contributed by atoms with E-state index in [9.17, 15) is 9.59 Å². The van der Waals surface area contributed by atoms with Gasteiger partial charge in [-0.2, -0.15) is 0 Å². The molecule has 0 atom stereocenters. The van der Waals surface area contributed by atoms with Crippen molar-refractivity contribution in [3.05, 3.63) is 58.9 Å². The normalized spacial score (nSPS) is 10.8. The lowest BCUT2D eigenvalue weighted by Gasteiger charge is -2.13. The van der Waals surface area contributed by atoms with E-state index in [0.29, 0.717) is 22.7 Å². The number of ether oxygens (including phenoxy) is 2. The summed E-state index contributed by atoms with van der Waals surface area (Å²) >= 11 is 0. The van der Waals surface area contributed by atoms with Crippen molar-refractivity contribution in [1.29, 1.82) is 0 Å². The molecule has 4 aromatic rings. The number of H-pyrrole nitrogens is 1. The van der Waals surface area contributed by atoms with Gasteiger partial charge < -0.3 is 20.2 Å². The van der Waals surface area contributed by atoms with Gasteiger partial charge in [-0.1, -0.05) is 6.07 Å². The first kappa shape index (κ1) is 18.2. The minimum absolute atomic E-state index is 0.105. The minimum Gasteiger partial charge on any atom is -0.493 e. The first-order valence-corrected chi connectivity index (χ1v) is 8.49. The number of amides is 1. The van der Waals surface area contributed by atoms with E-state index in [1.165, 1.54) is 18.8 Å². The minimum atomic E-state index is -0.798. The van der Waals surface area contributed by atoms with Crippen molar-refractivity contribution in [2.75, 3.05) is 14.2 Å². The molecule has 3 heterocycles. The average Bonchev–Trinajstić information content (AvgIpc) is 3.08. The van der Waals surface area contributed by atoms with E-state index in [4.69, 9.17) is 15.2 Å². The molecule has 3 N–H and O–H groups in total. The van der Waals surface area contributed by atoms with Crippen LogP contribution in [0, 0.1) is 0 Å². The molecule has 0 fully saturated rings. The first-order valence-electron chi connectivity index (χ1n) is 8.49. The van der Waals surface area contributed by atoms with E-state index >= 15 is 0 Å². The number of primary amides is 1. The van der Waals surface area contributed by atoms with Crippen molar-refractivity contribution in [3.63, 3.8) is 0 Å². The maximum atomic E-state index is 12.8. The smallest absolute Gasteiger partial charge is 0.332 e. The van der Waals surface area contributed by atoms with E-state index in [-0.39, 0.29) is 22.7 Å². The molecule has 10 heteroatoms. The topological polar surface area (TPSA) is 138 Å². The van der Waals surface area contributed by atoms with Crippen LogP contribution in [0.4, 0.5) is 0 Å². The molecule has 0 aliphatic carbocycles. The second-order valence-electron chi connectivity index (χ2n) is 5.98. The number of benzene rings is 1. The number of carbonyl (C=O) groups excluding carboxylic acids is 1. The molecule has 0 saturated heterocycles. The third kappa shape index (κ3) is 2.96. The van der Waals surface area contributed by atoms with Gasteiger partial charge in [0, 0.05) is 18.0 Å². The molecule has 0 bridgehead atoms. The Morgan fingerprint density at radius 1 is 1.14 bits per heavy atom. The van der Waals surface area contributed by atoms with Gasteiger partial charge in [0.2, 0.25) is 0 Å². The Bertz CT molecular complexity index is 1280. The van der Waals surface area contributed by atoms with E-state index in [1.54, 1.807) is 42.7 Å². The van der Waals surface area contributed by atoms with E-state index < -0.39 is 11.6 Å². The zero-order chi connectivity index (χ0) is 20.5. The van der Waals surface area contributed by atoms with Gasteiger partial charge >= 0.3 is 5.69 Å². The number of methoxy groups -OCH3 is 2. The summed E-state index contributed by atoms with van der Waals surface area (Å²) in [5, 5.41) is 0. The quantitative estimate of drug-likeness (QED) is 0.522. The van der Waals surface area contributed by atoms with Crippen LogP contribution in [0.5, 0.6) is 11.5 Å². The molecule has 1 amide bonds. The van der Waals surface area contributed by atoms with Crippen molar-refractivity contribution in [2.24, 2.45) is 5.73 Å². The largest absolute Gasteiger partial charge is 0.493 e. The number of fused-ring (bicyclic) bond motifs is 1. The van der Waals surface area contributed by atoms with Gasteiger partial charge in [0.15, 0.2) is 28.7 Å². The Balaban J connectivity index is 2.10. The predicted octanol–water partition coefficient (Wildman–Crippen LogP) is 1.29. The summed E-state index contributed by atoms with van der Waals surface area (Å²) in [4.78, 5) is 40.2. The summed E-state index contributed by atoms with van der Waals surface area (Å²) in [5.41, 5.74) is 6.11. The molecule has 0 radical (unpaired) electrons. The zero-order valence-corrected chi connectivity index (χ0v) is 15.5. The highest BCUT2D eigenvalue weighted by molar-refractivity contribution is 6.02. The third-order valence-electron chi connectivity index (χ3n) is 4.31. The molecule has 146 valence electrons. The van der Waals surface area contributed by atoms with Crippen LogP contribution >= 0.6 is 0 Å². The summed E-state index contributed by atoms with van der Waals surface area (Å²) in [5.74, 6) is 0.172. The molecule has 0 unspecified atom stereocenters. The van der Waals surface area contributed by atoms with Crippen LogP contribution in [-0.4, -0.2) is 44.6 Å². The highest BCUT2D eigenvalue weighted by Gasteiger charge is 2.22. The highest BCUT2D eigenvalue weighted by Crippen LogP contribution is 2.34. The van der Waals surface area contributed by atoms with Crippen molar-refractivity contribution in [2.45, 2.75) is 0 Å². The number of nitrogens with one attached hydrogen (secondary N) is 1. The Morgan fingerprint density at radius 3 is 2.62 bits per heavy atom. The first-order chi connectivity index (χ1) is 14.0. The second-order valence-corrected chi connectivity index (χ2v) is 5.98. The number of hydrogen-bond acceptors (Lipinski definition) is 7. The molecule has 10 nitrogen and oxygen atoms in total. The SMILES string of the molecule is COc1cccc(-n2c(=O)[nH]c3c(C(N)=O)nc(-c4cccnc4)nc32)c1OC. The monoisotopic (exact) mass is 392 g/mol. The fourth-order valence-electron chi connectivity index (χ4n) is 3.06. The van der Waals surface area contributed by atoms with Gasteiger partial charge in [-0.05, 0) is 24.3 Å². The third-order valence-corrected chi connectivity index (χ3v) is 4.31. The van der Waals surface area contributed by atoms with Gasteiger partial charge in [-0.25, -0.2) is 19.3 Å². The molecule has 3 aromatic heterocycles. The second kappa shape index (κ2) is 7.08. The zero-order valence-electron chi connectivity index (χ0n) is 15.5. The van der Waals surface area contributed by atoms with E-state index in [0.717, 1.165) is 0 Å². The number of imidazole rings is 1. The molecule has 4 rings (SSSR count). The number of carbonyl (C=O) groups is 1. The highest BCUT2D eigenvalue weighted by atomic mass is 16.5. The lowest BCUT2D eigenvalue weighted by molar-refractivity contribution is 0.0997. The van der Waals surface area contributed by atoms with Crippen LogP contribution in [0.3, 0.4) is 0 Å². The lowest BCUT2D eigenvalue weighted by Crippen LogP contribution is -2.16. The summed E-state index contributed by atoms with van der Waals surface area (Å²) in [7, 11) is 2.96. The van der Waals surface area contributed by atoms with Crippen LogP contribution < -0.4 is 20.9 Å². The Morgan fingerprint density at radius 2 is 1.97 bits per heavy atom. The predicted molar refractivity (Wildman–Crippen MR) is 104 cm³/mol. The van der Waals surface area contributed by atoms with Gasteiger partial charge in [0.25, 0.3) is 5.91 Å². The van der Waals surface area contributed by atoms with Crippen LogP contribution in [0.25, 0.3) is 28.2 Å². The average molecular weight is 392 g/mol. The number of aromatic amines is 1. The number of nitrogens with zero attached hydrogens (tertiary/aromatic N) is 4. The number of nitrogens with two attached hydrogens (primary N) is 1. The summed E-state index contributed by atoms with van der Waals surface area (Å²) < 4.78 is 12.0. The Hall–Kier alpha value is -4.21. The van der Waals surface area contributed by atoms with Gasteiger partial charge in [-0.3, -0.25) is 9.78 Å². The summed E-state index contributed by atoms with van der Waals surface area (Å²) in [6.45, 7) is 0. The molecule has 1 aromatic carbocycles. The van der Waals surface area contributed by atoms with Crippen LogP contribution in [-0.2, 0) is 0 Å². The van der Waals surface area contributed by atoms with Crippen LogP contribution in [0.15, 0.2) is 47.5 Å². The number of hydrogen-bond donors (Lipinski definition) is 2.